The number of benzene rings is 1. The van der Waals surface area contributed by atoms with Crippen molar-refractivity contribution < 1.29 is 9.80 Å². The molecule has 30 heavy (non-hydrogen) atoms. The molecule has 0 amide bonds. The van der Waals surface area contributed by atoms with E-state index in [2.05, 4.69) is 51.1 Å². The molecule has 4 N–H and O–H groups in total. The molecule has 1 fully saturated rings. The molecule has 0 radical (unpaired) electrons. The molecule has 3 rings (SSSR count). The molecule has 1 atom stereocenters. The molecular formula is C21H30FN8+. The van der Waals surface area contributed by atoms with Gasteiger partial charge in [-0.2, -0.15) is 10.2 Å². The van der Waals surface area contributed by atoms with E-state index < -0.39 is 5.82 Å². The number of rotatable bonds is 6. The summed E-state index contributed by atoms with van der Waals surface area (Å²) in [5.41, 5.74) is 2.87. The van der Waals surface area contributed by atoms with Crippen molar-refractivity contribution in [2.75, 3.05) is 24.5 Å². The Bertz CT molecular complexity index is 899. The fourth-order valence-electron chi connectivity index (χ4n) is 3.93. The van der Waals surface area contributed by atoms with Gasteiger partial charge in [0.1, 0.15) is 11.4 Å². The van der Waals surface area contributed by atoms with E-state index >= 15 is 4.39 Å². The molecule has 1 saturated heterocycles. The molecule has 1 aliphatic heterocycles. The van der Waals surface area contributed by atoms with E-state index in [1.54, 1.807) is 6.20 Å². The van der Waals surface area contributed by atoms with Gasteiger partial charge in [-0.05, 0) is 49.1 Å². The summed E-state index contributed by atoms with van der Waals surface area (Å²) >= 11 is 0. The van der Waals surface area contributed by atoms with Crippen LogP contribution in [-0.2, 0) is 13.0 Å². The molecule has 9 heteroatoms. The maximum atomic E-state index is 15.1. The highest BCUT2D eigenvalue weighted by Crippen LogP contribution is 2.29. The summed E-state index contributed by atoms with van der Waals surface area (Å²) in [6.45, 7) is 9.38. The van der Waals surface area contributed by atoms with Crippen LogP contribution in [0.4, 0.5) is 10.1 Å². The van der Waals surface area contributed by atoms with E-state index in [-0.39, 0.29) is 17.4 Å². The SMILES string of the molecule is CC(C)Cc1cc(F)c(C(=[NH2+])N=NN)c(N2CCN(Cc3cccnn3)C(C)C2)c1. The van der Waals surface area contributed by atoms with E-state index in [4.69, 9.17) is 11.3 Å². The second kappa shape index (κ2) is 9.71. The van der Waals surface area contributed by atoms with Crippen LogP contribution in [0.5, 0.6) is 0 Å². The van der Waals surface area contributed by atoms with Gasteiger partial charge in [0.25, 0.3) is 0 Å². The van der Waals surface area contributed by atoms with E-state index in [1.165, 1.54) is 6.07 Å². The zero-order valence-corrected chi connectivity index (χ0v) is 17.8. The minimum absolute atomic E-state index is 0.0178. The van der Waals surface area contributed by atoms with Gasteiger partial charge in [0.15, 0.2) is 0 Å². The number of piperazine rings is 1. The van der Waals surface area contributed by atoms with Crippen molar-refractivity contribution >= 4 is 11.5 Å². The van der Waals surface area contributed by atoms with Crippen molar-refractivity contribution in [3.63, 3.8) is 0 Å². The highest BCUT2D eigenvalue weighted by atomic mass is 19.1. The first-order valence-electron chi connectivity index (χ1n) is 10.2. The molecule has 0 bridgehead atoms. The second-order valence-corrected chi connectivity index (χ2v) is 8.15. The molecule has 1 aromatic heterocycles. The third-order valence-electron chi connectivity index (χ3n) is 5.29. The van der Waals surface area contributed by atoms with Crippen LogP contribution in [0.25, 0.3) is 0 Å². The number of nitrogens with zero attached hydrogens (tertiary/aromatic N) is 6. The lowest BCUT2D eigenvalue weighted by molar-refractivity contribution is -0.114. The van der Waals surface area contributed by atoms with Gasteiger partial charge in [-0.1, -0.05) is 13.8 Å². The number of hydrogen-bond acceptors (Lipinski definition) is 5. The Kier molecular flexibility index (Phi) is 7.04. The third kappa shape index (κ3) is 5.15. The number of hydrogen-bond donors (Lipinski definition) is 2. The Labute approximate surface area is 176 Å². The maximum Gasteiger partial charge on any atom is 0.356 e. The molecule has 1 aliphatic rings. The first-order valence-corrected chi connectivity index (χ1v) is 10.2. The maximum absolute atomic E-state index is 15.1. The van der Waals surface area contributed by atoms with Crippen molar-refractivity contribution in [1.82, 2.24) is 15.1 Å². The van der Waals surface area contributed by atoms with Crippen molar-refractivity contribution in [2.24, 2.45) is 22.1 Å². The van der Waals surface area contributed by atoms with Crippen molar-refractivity contribution in [1.29, 1.82) is 0 Å². The van der Waals surface area contributed by atoms with Crippen LogP contribution in [0.15, 0.2) is 40.8 Å². The van der Waals surface area contributed by atoms with E-state index in [0.29, 0.717) is 5.92 Å². The lowest BCUT2D eigenvalue weighted by atomic mass is 9.98. The van der Waals surface area contributed by atoms with Crippen LogP contribution < -0.4 is 16.2 Å². The minimum atomic E-state index is -0.400. The molecule has 0 aliphatic carbocycles. The molecule has 1 unspecified atom stereocenters. The topological polar surface area (TPSA) is 109 Å². The monoisotopic (exact) mass is 413 g/mol. The predicted molar refractivity (Wildman–Crippen MR) is 114 cm³/mol. The Balaban J connectivity index is 1.86. The number of amidine groups is 1. The second-order valence-electron chi connectivity index (χ2n) is 8.15. The molecule has 160 valence electrons. The minimum Gasteiger partial charge on any atom is -0.368 e. The number of nitrogens with two attached hydrogens (primary N) is 2. The van der Waals surface area contributed by atoms with Crippen LogP contribution in [0, 0.1) is 11.7 Å². The van der Waals surface area contributed by atoms with Crippen LogP contribution >= 0.6 is 0 Å². The van der Waals surface area contributed by atoms with Crippen molar-refractivity contribution in [3.05, 3.63) is 53.1 Å². The molecule has 2 heterocycles. The van der Waals surface area contributed by atoms with Gasteiger partial charge in [0, 0.05) is 43.6 Å². The summed E-state index contributed by atoms with van der Waals surface area (Å²) in [6.07, 6.45) is 2.45. The summed E-state index contributed by atoms with van der Waals surface area (Å²) in [5, 5.41) is 21.1. The largest absolute Gasteiger partial charge is 0.368 e. The lowest BCUT2D eigenvalue weighted by Gasteiger charge is -2.41. The van der Waals surface area contributed by atoms with Gasteiger partial charge >= 0.3 is 5.84 Å². The first-order chi connectivity index (χ1) is 14.4. The third-order valence-corrected chi connectivity index (χ3v) is 5.29. The molecule has 1 aromatic carbocycles. The molecule has 8 nitrogen and oxygen atoms in total. The van der Waals surface area contributed by atoms with Crippen LogP contribution in [0.1, 0.15) is 37.6 Å². The predicted octanol–water partition coefficient (Wildman–Crippen LogP) is 1.36. The van der Waals surface area contributed by atoms with Gasteiger partial charge in [-0.15, -0.1) is 0 Å². The van der Waals surface area contributed by atoms with E-state index in [1.807, 2.05) is 18.2 Å². The molecular weight excluding hydrogens is 383 g/mol. The highest BCUT2D eigenvalue weighted by Gasteiger charge is 2.30. The lowest BCUT2D eigenvalue weighted by Crippen LogP contribution is -2.52. The fraction of sp³-hybridized carbons (Fsp3) is 0.476. The van der Waals surface area contributed by atoms with E-state index in [9.17, 15) is 0 Å². The van der Waals surface area contributed by atoms with Crippen molar-refractivity contribution in [2.45, 2.75) is 39.8 Å². The van der Waals surface area contributed by atoms with Gasteiger partial charge in [-0.25, -0.2) is 4.39 Å². The Morgan fingerprint density at radius 1 is 1.37 bits per heavy atom. The average Bonchev–Trinajstić information content (AvgIpc) is 2.69. The molecule has 0 spiro atoms. The van der Waals surface area contributed by atoms with Gasteiger partial charge in [0.2, 0.25) is 0 Å². The smallest absolute Gasteiger partial charge is 0.356 e. The van der Waals surface area contributed by atoms with Crippen LogP contribution in [0.3, 0.4) is 0 Å². The Morgan fingerprint density at radius 3 is 2.80 bits per heavy atom. The zero-order valence-electron chi connectivity index (χ0n) is 17.8. The Morgan fingerprint density at radius 2 is 2.17 bits per heavy atom. The van der Waals surface area contributed by atoms with Gasteiger partial charge < -0.3 is 4.90 Å². The highest BCUT2D eigenvalue weighted by molar-refractivity contribution is 6.00. The van der Waals surface area contributed by atoms with Crippen LogP contribution in [-0.4, -0.2) is 46.6 Å². The normalized spacial score (nSPS) is 17.8. The van der Waals surface area contributed by atoms with Crippen molar-refractivity contribution in [3.8, 4) is 0 Å². The van der Waals surface area contributed by atoms with Gasteiger partial charge in [-0.3, -0.25) is 16.2 Å². The quantitative estimate of drug-likeness (QED) is 0.244. The standard InChI is InChI=1S/C21H29FN8/c1-14(2)9-16-10-18(22)20(21(23)27-28-24)19(11-16)30-8-7-29(15(3)12-30)13-17-5-4-6-25-26-17/h4-6,10-11,14-15H,7-9,12-13H2,1-3H3,(H3,23,24,27)/p+1. The summed E-state index contributed by atoms with van der Waals surface area (Å²) < 4.78 is 15.1. The number of anilines is 1. The summed E-state index contributed by atoms with van der Waals surface area (Å²) in [7, 11) is 0. The van der Waals surface area contributed by atoms with Gasteiger partial charge in [0.05, 0.1) is 16.5 Å². The summed E-state index contributed by atoms with van der Waals surface area (Å²) in [4.78, 5) is 4.51. The molecule has 0 saturated carbocycles. The Hall–Kier alpha value is -2.94. The average molecular weight is 414 g/mol. The van der Waals surface area contributed by atoms with E-state index in [0.717, 1.165) is 49.5 Å². The summed E-state index contributed by atoms with van der Waals surface area (Å²) in [6, 6.07) is 7.65. The fourth-order valence-corrected chi connectivity index (χ4v) is 3.93. The zero-order chi connectivity index (χ0) is 21.7. The first kappa shape index (κ1) is 21.8. The summed E-state index contributed by atoms with van der Waals surface area (Å²) in [5.74, 6) is 5.15. The number of aromatic nitrogens is 2. The van der Waals surface area contributed by atoms with Crippen LogP contribution in [0.2, 0.25) is 0 Å². The number of halogens is 1. The molecule has 2 aromatic rings.